The summed E-state index contributed by atoms with van der Waals surface area (Å²) in [6, 6.07) is 1.73. The molecule has 0 saturated carbocycles. The van der Waals surface area contributed by atoms with E-state index >= 15 is 0 Å². The third-order valence-corrected chi connectivity index (χ3v) is 6.66. The van der Waals surface area contributed by atoms with E-state index in [1.807, 2.05) is 0 Å². The third-order valence-electron chi connectivity index (χ3n) is 4.41. The van der Waals surface area contributed by atoms with Gasteiger partial charge in [0.1, 0.15) is 0 Å². The predicted molar refractivity (Wildman–Crippen MR) is 84.0 cm³/mol. The van der Waals surface area contributed by atoms with Crippen LogP contribution < -0.4 is 9.64 Å². The summed E-state index contributed by atoms with van der Waals surface area (Å²) in [5, 5.41) is -0.174. The van der Waals surface area contributed by atoms with Gasteiger partial charge in [0.15, 0.2) is 9.84 Å². The normalized spacial score (nSPS) is 25.3. The van der Waals surface area contributed by atoms with Crippen molar-refractivity contribution in [2.24, 2.45) is 0 Å². The second kappa shape index (κ2) is 6.37. The molecule has 1 aromatic rings. The van der Waals surface area contributed by atoms with Gasteiger partial charge in [0.25, 0.3) is 0 Å². The number of aromatic nitrogens is 2. The standard InChI is InChI=1S/C14H22N4O3S/c1-21-13-4-5-15-14(16-13)18-8-6-17(7-9-18)11-12-3-2-10-22(12,19)20/h4-5,12H,2-3,6-11H2,1H3/t12-/m0/s1. The zero-order chi connectivity index (χ0) is 15.6. The second-order valence-corrected chi connectivity index (χ2v) is 8.22. The third kappa shape index (κ3) is 3.33. The fraction of sp³-hybridized carbons (Fsp3) is 0.714. The maximum Gasteiger partial charge on any atom is 0.228 e. The van der Waals surface area contributed by atoms with Gasteiger partial charge in [-0.3, -0.25) is 4.90 Å². The zero-order valence-corrected chi connectivity index (χ0v) is 13.6. The van der Waals surface area contributed by atoms with Gasteiger partial charge in [-0.15, -0.1) is 0 Å². The number of rotatable bonds is 4. The van der Waals surface area contributed by atoms with Gasteiger partial charge in [0, 0.05) is 45.0 Å². The Balaban J connectivity index is 1.56. The molecule has 2 aliphatic heterocycles. The van der Waals surface area contributed by atoms with Gasteiger partial charge in [0.2, 0.25) is 11.8 Å². The monoisotopic (exact) mass is 326 g/mol. The summed E-state index contributed by atoms with van der Waals surface area (Å²) >= 11 is 0. The lowest BCUT2D eigenvalue weighted by Crippen LogP contribution is -2.49. The Morgan fingerprint density at radius 2 is 2.09 bits per heavy atom. The molecule has 8 heteroatoms. The number of hydrogen-bond donors (Lipinski definition) is 0. The average molecular weight is 326 g/mol. The van der Waals surface area contributed by atoms with Gasteiger partial charge in [-0.1, -0.05) is 0 Å². The molecule has 22 heavy (non-hydrogen) atoms. The van der Waals surface area contributed by atoms with Crippen LogP contribution in [0.3, 0.4) is 0 Å². The highest BCUT2D eigenvalue weighted by atomic mass is 32.2. The molecule has 0 aromatic carbocycles. The number of anilines is 1. The fourth-order valence-electron chi connectivity index (χ4n) is 3.08. The number of sulfone groups is 1. The van der Waals surface area contributed by atoms with Gasteiger partial charge in [-0.25, -0.2) is 13.4 Å². The van der Waals surface area contributed by atoms with E-state index in [1.54, 1.807) is 19.4 Å². The number of ether oxygens (including phenoxy) is 1. The molecule has 0 unspecified atom stereocenters. The highest BCUT2D eigenvalue weighted by Crippen LogP contribution is 2.22. The van der Waals surface area contributed by atoms with Crippen LogP contribution in [0, 0.1) is 0 Å². The van der Waals surface area contributed by atoms with E-state index in [2.05, 4.69) is 19.8 Å². The SMILES string of the molecule is COc1ccnc(N2CCN(C[C@@H]3CCCS3(=O)=O)CC2)n1. The van der Waals surface area contributed by atoms with Crippen molar-refractivity contribution in [3.8, 4) is 5.88 Å². The van der Waals surface area contributed by atoms with Crippen LogP contribution in [0.15, 0.2) is 12.3 Å². The van der Waals surface area contributed by atoms with Crippen molar-refractivity contribution in [3.63, 3.8) is 0 Å². The summed E-state index contributed by atoms with van der Waals surface area (Å²) < 4.78 is 29.0. The van der Waals surface area contributed by atoms with Crippen molar-refractivity contribution in [3.05, 3.63) is 12.3 Å². The van der Waals surface area contributed by atoms with Crippen molar-refractivity contribution < 1.29 is 13.2 Å². The predicted octanol–water partition coefficient (Wildman–Crippen LogP) is 0.184. The Labute approximate surface area is 131 Å². The van der Waals surface area contributed by atoms with E-state index in [0.29, 0.717) is 24.1 Å². The second-order valence-electron chi connectivity index (χ2n) is 5.82. The largest absolute Gasteiger partial charge is 0.481 e. The first-order valence-electron chi connectivity index (χ1n) is 7.64. The van der Waals surface area contributed by atoms with Crippen LogP contribution in [-0.4, -0.2) is 74.1 Å². The molecule has 2 fully saturated rings. The van der Waals surface area contributed by atoms with Gasteiger partial charge in [0.05, 0.1) is 18.1 Å². The zero-order valence-electron chi connectivity index (χ0n) is 12.8. The summed E-state index contributed by atoms with van der Waals surface area (Å²) in [4.78, 5) is 13.0. The van der Waals surface area contributed by atoms with Crippen LogP contribution in [0.5, 0.6) is 5.88 Å². The van der Waals surface area contributed by atoms with Crippen molar-refractivity contribution in [2.45, 2.75) is 18.1 Å². The fourth-order valence-corrected chi connectivity index (χ4v) is 4.95. The van der Waals surface area contributed by atoms with Crippen LogP contribution in [0.1, 0.15) is 12.8 Å². The van der Waals surface area contributed by atoms with Crippen LogP contribution in [-0.2, 0) is 9.84 Å². The van der Waals surface area contributed by atoms with Crippen molar-refractivity contribution in [1.29, 1.82) is 0 Å². The van der Waals surface area contributed by atoms with Crippen molar-refractivity contribution in [2.75, 3.05) is 50.5 Å². The number of methoxy groups -OCH3 is 1. The van der Waals surface area contributed by atoms with E-state index in [9.17, 15) is 8.42 Å². The summed E-state index contributed by atoms with van der Waals surface area (Å²) in [6.45, 7) is 3.95. The molecule has 7 nitrogen and oxygen atoms in total. The van der Waals surface area contributed by atoms with Crippen molar-refractivity contribution in [1.82, 2.24) is 14.9 Å². The Morgan fingerprint density at radius 1 is 1.32 bits per heavy atom. The van der Waals surface area contributed by atoms with Gasteiger partial charge in [-0.05, 0) is 12.8 Å². The summed E-state index contributed by atoms with van der Waals surface area (Å²) in [6.07, 6.45) is 3.31. The quantitative estimate of drug-likeness (QED) is 0.781. The minimum Gasteiger partial charge on any atom is -0.481 e. The molecular weight excluding hydrogens is 304 g/mol. The van der Waals surface area contributed by atoms with Crippen LogP contribution in [0.4, 0.5) is 5.95 Å². The topological polar surface area (TPSA) is 75.6 Å². The lowest BCUT2D eigenvalue weighted by molar-refractivity contribution is 0.254. The molecular formula is C14H22N4O3S. The molecule has 0 amide bonds. The Kier molecular flexibility index (Phi) is 4.49. The Morgan fingerprint density at radius 3 is 2.73 bits per heavy atom. The molecule has 2 saturated heterocycles. The molecule has 3 rings (SSSR count). The maximum absolute atomic E-state index is 11.9. The summed E-state index contributed by atoms with van der Waals surface area (Å²) in [5.74, 6) is 1.59. The Bertz CT molecular complexity index is 614. The van der Waals surface area contributed by atoms with Gasteiger partial charge in [-0.2, -0.15) is 4.98 Å². The maximum atomic E-state index is 11.9. The van der Waals surface area contributed by atoms with Gasteiger partial charge < -0.3 is 9.64 Å². The average Bonchev–Trinajstić information content (AvgIpc) is 2.87. The molecule has 3 heterocycles. The number of nitrogens with zero attached hydrogens (tertiary/aromatic N) is 4. The number of hydrogen-bond acceptors (Lipinski definition) is 7. The van der Waals surface area contributed by atoms with Crippen molar-refractivity contribution >= 4 is 15.8 Å². The molecule has 2 aliphatic rings. The minimum absolute atomic E-state index is 0.174. The molecule has 0 aliphatic carbocycles. The van der Waals surface area contributed by atoms with E-state index in [1.165, 1.54) is 0 Å². The first-order valence-corrected chi connectivity index (χ1v) is 9.36. The van der Waals surface area contributed by atoms with E-state index < -0.39 is 9.84 Å². The van der Waals surface area contributed by atoms with E-state index in [0.717, 1.165) is 39.0 Å². The molecule has 0 radical (unpaired) electrons. The minimum atomic E-state index is -2.86. The van der Waals surface area contributed by atoms with Crippen LogP contribution >= 0.6 is 0 Å². The highest BCUT2D eigenvalue weighted by Gasteiger charge is 2.33. The molecule has 0 bridgehead atoms. The Hall–Kier alpha value is -1.41. The molecule has 122 valence electrons. The summed E-state index contributed by atoms with van der Waals surface area (Å²) in [5.41, 5.74) is 0. The van der Waals surface area contributed by atoms with E-state index in [4.69, 9.17) is 4.74 Å². The number of piperazine rings is 1. The van der Waals surface area contributed by atoms with Gasteiger partial charge >= 0.3 is 0 Å². The molecule has 1 atom stereocenters. The lowest BCUT2D eigenvalue weighted by atomic mass is 10.2. The van der Waals surface area contributed by atoms with E-state index in [-0.39, 0.29) is 5.25 Å². The highest BCUT2D eigenvalue weighted by molar-refractivity contribution is 7.92. The van der Waals surface area contributed by atoms with Crippen LogP contribution in [0.2, 0.25) is 0 Å². The molecule has 1 aromatic heterocycles. The summed E-state index contributed by atoms with van der Waals surface area (Å²) in [7, 11) is -1.27. The molecule has 0 N–H and O–H groups in total. The first kappa shape index (κ1) is 15.5. The lowest BCUT2D eigenvalue weighted by Gasteiger charge is -2.35. The first-order chi connectivity index (χ1) is 10.6. The smallest absolute Gasteiger partial charge is 0.228 e. The van der Waals surface area contributed by atoms with Crippen LogP contribution in [0.25, 0.3) is 0 Å². The molecule has 0 spiro atoms.